The smallest absolute Gasteiger partial charge is 0.303 e. The molecule has 0 heterocycles. The van der Waals surface area contributed by atoms with Crippen molar-refractivity contribution in [2.45, 2.75) is 65.7 Å². The summed E-state index contributed by atoms with van der Waals surface area (Å²) in [5, 5.41) is 9.39. The third kappa shape index (κ3) is 3.46. The lowest BCUT2D eigenvalue weighted by Crippen LogP contribution is -2.51. The van der Waals surface area contributed by atoms with Crippen LogP contribution in [0.15, 0.2) is 36.5 Å². The van der Waals surface area contributed by atoms with Gasteiger partial charge in [0.1, 0.15) is 0 Å². The van der Waals surface area contributed by atoms with Crippen LogP contribution in [0.3, 0.4) is 0 Å². The predicted octanol–water partition coefficient (Wildman–Crippen LogP) is 5.76. The highest BCUT2D eigenvalue weighted by Gasteiger charge is 2.54. The normalized spacial score (nSPS) is 38.0. The molecule has 2 rings (SSSR count). The summed E-state index contributed by atoms with van der Waals surface area (Å²) in [5.74, 6) is 0.289. The van der Waals surface area contributed by atoms with Gasteiger partial charge in [-0.25, -0.2) is 0 Å². The molecule has 0 amide bonds. The van der Waals surface area contributed by atoms with Crippen LogP contribution in [-0.4, -0.2) is 11.1 Å². The molecule has 0 aromatic heterocycles. The highest BCUT2D eigenvalue weighted by atomic mass is 16.4. The second-order valence-electron chi connectivity index (χ2n) is 8.27. The van der Waals surface area contributed by atoms with Gasteiger partial charge in [0, 0.05) is 0 Å². The second kappa shape index (κ2) is 6.67. The quantitative estimate of drug-likeness (QED) is 0.517. The Morgan fingerprint density at radius 3 is 2.70 bits per heavy atom. The molecule has 23 heavy (non-hydrogen) atoms. The molecule has 1 N–H and O–H groups in total. The van der Waals surface area contributed by atoms with Gasteiger partial charge in [-0.1, -0.05) is 56.7 Å². The van der Waals surface area contributed by atoms with Gasteiger partial charge in [-0.2, -0.15) is 0 Å². The van der Waals surface area contributed by atoms with E-state index >= 15 is 0 Å². The van der Waals surface area contributed by atoms with E-state index in [9.17, 15) is 9.90 Å². The van der Waals surface area contributed by atoms with E-state index in [1.165, 1.54) is 17.6 Å². The summed E-state index contributed by atoms with van der Waals surface area (Å²) in [4.78, 5) is 11.4. The molecule has 2 heteroatoms. The Labute approximate surface area is 141 Å². The first-order chi connectivity index (χ1) is 10.7. The molecule has 2 aliphatic carbocycles. The molecule has 0 bridgehead atoms. The lowest BCUT2D eigenvalue weighted by atomic mass is 9.46. The average Bonchev–Trinajstić information content (AvgIpc) is 2.44. The van der Waals surface area contributed by atoms with Crippen molar-refractivity contribution < 1.29 is 9.90 Å². The molecule has 2 aliphatic rings. The van der Waals surface area contributed by atoms with E-state index in [0.29, 0.717) is 18.3 Å². The monoisotopic (exact) mass is 316 g/mol. The first kappa shape index (κ1) is 18.0. The zero-order valence-electron chi connectivity index (χ0n) is 15.0. The number of fused-ring (bicyclic) bond motifs is 1. The minimum Gasteiger partial charge on any atom is -0.481 e. The van der Waals surface area contributed by atoms with Gasteiger partial charge in [0.15, 0.2) is 0 Å². The third-order valence-electron chi connectivity index (χ3n) is 6.70. The van der Waals surface area contributed by atoms with Crippen molar-refractivity contribution in [2.75, 3.05) is 0 Å². The summed E-state index contributed by atoms with van der Waals surface area (Å²) in [6.07, 6.45) is 11.0. The van der Waals surface area contributed by atoms with Crippen LogP contribution in [0.4, 0.5) is 0 Å². The molecule has 0 saturated heterocycles. The fourth-order valence-electron chi connectivity index (χ4n) is 5.46. The zero-order chi connectivity index (χ0) is 17.3. The molecule has 2 fully saturated rings. The third-order valence-corrected chi connectivity index (χ3v) is 6.70. The van der Waals surface area contributed by atoms with Crippen molar-refractivity contribution in [3.05, 3.63) is 36.5 Å². The number of aliphatic carboxylic acids is 1. The molecular weight excluding hydrogens is 284 g/mol. The van der Waals surface area contributed by atoms with Gasteiger partial charge in [0.05, 0.1) is 6.42 Å². The number of hydrogen-bond acceptors (Lipinski definition) is 1. The van der Waals surface area contributed by atoms with Gasteiger partial charge in [0.2, 0.25) is 0 Å². The first-order valence-electron chi connectivity index (χ1n) is 8.91. The number of allylic oxidation sites excluding steroid dienone is 4. The lowest BCUT2D eigenvalue weighted by molar-refractivity contribution is -0.145. The largest absolute Gasteiger partial charge is 0.481 e. The number of carboxylic acid groups (broad SMARTS) is 1. The van der Waals surface area contributed by atoms with Crippen molar-refractivity contribution in [2.24, 2.45) is 22.7 Å². The topological polar surface area (TPSA) is 37.3 Å². The van der Waals surface area contributed by atoms with Gasteiger partial charge in [-0.05, 0) is 61.7 Å². The fraction of sp³-hybridized carbons (Fsp3) is 0.667. The summed E-state index contributed by atoms with van der Waals surface area (Å²) in [6.45, 7) is 14.9. The van der Waals surface area contributed by atoms with E-state index in [2.05, 4.69) is 40.0 Å². The van der Waals surface area contributed by atoms with Crippen molar-refractivity contribution in [3.8, 4) is 0 Å². The molecule has 0 unspecified atom stereocenters. The average molecular weight is 316 g/mol. The maximum atomic E-state index is 11.4. The molecule has 4 atom stereocenters. The Bertz CT molecular complexity index is 530. The molecule has 2 nitrogen and oxygen atoms in total. The first-order valence-corrected chi connectivity index (χ1v) is 8.91. The van der Waals surface area contributed by atoms with Crippen molar-refractivity contribution >= 4 is 5.97 Å². The highest BCUT2D eigenvalue weighted by Crippen LogP contribution is 2.62. The minimum atomic E-state index is -0.653. The number of rotatable bonds is 5. The van der Waals surface area contributed by atoms with Crippen LogP contribution in [0, 0.1) is 22.7 Å². The van der Waals surface area contributed by atoms with Crippen LogP contribution in [0.1, 0.15) is 65.7 Å². The summed E-state index contributed by atoms with van der Waals surface area (Å²) >= 11 is 0. The van der Waals surface area contributed by atoms with E-state index in [4.69, 9.17) is 0 Å². The van der Waals surface area contributed by atoms with E-state index in [-0.39, 0.29) is 10.8 Å². The van der Waals surface area contributed by atoms with Crippen LogP contribution in [0.2, 0.25) is 0 Å². The summed E-state index contributed by atoms with van der Waals surface area (Å²) in [6, 6.07) is 0. The lowest BCUT2D eigenvalue weighted by Gasteiger charge is -2.58. The van der Waals surface area contributed by atoms with Crippen molar-refractivity contribution in [1.82, 2.24) is 0 Å². The molecule has 0 spiro atoms. The van der Waals surface area contributed by atoms with Crippen molar-refractivity contribution in [3.63, 3.8) is 0 Å². The summed E-state index contributed by atoms with van der Waals surface area (Å²) < 4.78 is 0. The van der Waals surface area contributed by atoms with E-state index in [1.54, 1.807) is 0 Å². The maximum absolute atomic E-state index is 11.4. The summed E-state index contributed by atoms with van der Waals surface area (Å²) in [5.41, 5.74) is 2.68. The van der Waals surface area contributed by atoms with Gasteiger partial charge >= 0.3 is 5.97 Å². The van der Waals surface area contributed by atoms with Gasteiger partial charge in [0.25, 0.3) is 0 Å². The van der Waals surface area contributed by atoms with Gasteiger partial charge in [-0.15, -0.1) is 0 Å². The van der Waals surface area contributed by atoms with Crippen LogP contribution in [-0.2, 0) is 4.79 Å². The molecule has 0 aromatic rings. The molecular formula is C21H32O2. The molecule has 0 radical (unpaired) electrons. The van der Waals surface area contributed by atoms with Crippen LogP contribution in [0.25, 0.3) is 0 Å². The fourth-order valence-corrected chi connectivity index (χ4v) is 5.46. The van der Waals surface area contributed by atoms with Gasteiger partial charge in [-0.3, -0.25) is 4.79 Å². The van der Waals surface area contributed by atoms with Crippen LogP contribution >= 0.6 is 0 Å². The Kier molecular flexibility index (Phi) is 5.23. The second-order valence-corrected chi connectivity index (χ2v) is 8.27. The highest BCUT2D eigenvalue weighted by molar-refractivity contribution is 5.67. The van der Waals surface area contributed by atoms with Gasteiger partial charge < -0.3 is 5.11 Å². The number of carboxylic acids is 1. The molecule has 2 saturated carbocycles. The Hall–Kier alpha value is -1.31. The maximum Gasteiger partial charge on any atom is 0.303 e. The van der Waals surface area contributed by atoms with Crippen molar-refractivity contribution in [1.29, 1.82) is 0 Å². The van der Waals surface area contributed by atoms with Crippen LogP contribution < -0.4 is 0 Å². The Balaban J connectivity index is 2.32. The van der Waals surface area contributed by atoms with E-state index in [1.807, 2.05) is 6.08 Å². The Morgan fingerprint density at radius 2 is 2.09 bits per heavy atom. The standard InChI is InChI=1S/C21H32O2/c1-6-15(2)8-10-17-16(3)9-11-18-20(4,14-19(22)23)12-7-13-21(17,18)5/h6,8,17-18H,1,3,7,9-14H2,2,4-5H3,(H,22,23)/b15-8+/t17-,18-,20-,21+/m0/s1. The Morgan fingerprint density at radius 1 is 1.39 bits per heavy atom. The number of hydrogen-bond donors (Lipinski definition) is 1. The van der Waals surface area contributed by atoms with Crippen LogP contribution in [0.5, 0.6) is 0 Å². The summed E-state index contributed by atoms with van der Waals surface area (Å²) in [7, 11) is 0. The van der Waals surface area contributed by atoms with E-state index < -0.39 is 5.97 Å². The van der Waals surface area contributed by atoms with E-state index in [0.717, 1.165) is 32.1 Å². The molecule has 128 valence electrons. The SMILES string of the molecule is C=C/C(C)=C/C[C@H]1C(=C)CC[C@H]2[C@](C)(CC(=O)O)CCC[C@]12C. The minimum absolute atomic E-state index is 0.0744. The number of carbonyl (C=O) groups is 1. The zero-order valence-corrected chi connectivity index (χ0v) is 15.0. The molecule has 0 aromatic carbocycles. The molecule has 0 aliphatic heterocycles. The predicted molar refractivity (Wildman–Crippen MR) is 96.2 cm³/mol.